The molecule has 0 saturated carbocycles. The van der Waals surface area contributed by atoms with E-state index >= 15 is 0 Å². The molecular formula is C7H11ClN2O2S. The molecule has 0 unspecified atom stereocenters. The quantitative estimate of drug-likeness (QED) is 0.621. The van der Waals surface area contributed by atoms with E-state index in [1.54, 1.807) is 12.3 Å². The number of ether oxygens (including phenoxy) is 1. The van der Waals surface area contributed by atoms with Gasteiger partial charge in [0.25, 0.3) is 0 Å². The third kappa shape index (κ3) is 4.10. The zero-order valence-corrected chi connectivity index (χ0v) is 8.78. The fourth-order valence-electron chi connectivity index (χ4n) is 0.764. The van der Waals surface area contributed by atoms with Crippen molar-refractivity contribution < 1.29 is 9.53 Å². The van der Waals surface area contributed by atoms with Crippen LogP contribution in [0.2, 0.25) is 0 Å². The first-order chi connectivity index (χ1) is 5.72. The number of carbonyl (C=O) groups excluding carboxylic acids is 1. The molecule has 0 amide bonds. The first kappa shape index (κ1) is 12.2. The van der Waals surface area contributed by atoms with Crippen LogP contribution in [0.4, 0.5) is 5.13 Å². The summed E-state index contributed by atoms with van der Waals surface area (Å²) >= 11 is 1.32. The van der Waals surface area contributed by atoms with E-state index in [1.165, 1.54) is 11.3 Å². The van der Waals surface area contributed by atoms with Crippen molar-refractivity contribution in [3.8, 4) is 0 Å². The Bertz CT molecular complexity index is 277. The molecule has 1 rings (SSSR count). The number of nitrogens with two attached hydrogens (primary N) is 1. The SMILES string of the molecule is CCOC(=O)Cc1cs[13c]([15NH2])[15n]1.Cl. The molecule has 0 aliphatic heterocycles. The third-order valence-corrected chi connectivity index (χ3v) is 1.92. The molecule has 0 fully saturated rings. The molecule has 1 heterocycles. The highest BCUT2D eigenvalue weighted by Gasteiger charge is 2.06. The molecule has 1 aromatic heterocycles. The van der Waals surface area contributed by atoms with E-state index in [1.807, 2.05) is 0 Å². The summed E-state index contributed by atoms with van der Waals surface area (Å²) < 4.78 is 4.74. The number of rotatable bonds is 3. The molecule has 0 aliphatic rings. The van der Waals surface area contributed by atoms with Crippen LogP contribution in [0.1, 0.15) is 12.6 Å². The molecule has 0 bridgehead atoms. The summed E-state index contributed by atoms with van der Waals surface area (Å²) in [6.07, 6.45) is 0.210. The van der Waals surface area contributed by atoms with Crippen molar-refractivity contribution in [2.24, 2.45) is 0 Å². The van der Waals surface area contributed by atoms with Gasteiger partial charge in [-0.15, -0.1) is 23.7 Å². The summed E-state index contributed by atoms with van der Waals surface area (Å²) in [6, 6.07) is 0. The highest BCUT2D eigenvalue weighted by Crippen LogP contribution is 2.11. The number of nitrogens with zero attached hydrogens (tertiary/aromatic N) is 1. The molecule has 0 atom stereocenters. The van der Waals surface area contributed by atoms with E-state index in [0.29, 0.717) is 17.4 Å². The molecule has 2 N–H and O–H groups in total. The molecule has 1 aromatic rings. The van der Waals surface area contributed by atoms with E-state index in [0.717, 1.165) is 0 Å². The number of halogens is 1. The van der Waals surface area contributed by atoms with Crippen LogP contribution in [0.15, 0.2) is 5.38 Å². The Hall–Kier alpha value is -0.810. The van der Waals surface area contributed by atoms with Gasteiger partial charge < -0.3 is 10.5 Å². The summed E-state index contributed by atoms with van der Waals surface area (Å²) in [6.45, 7) is 2.17. The lowest BCUT2D eigenvalue weighted by atomic mass is 10.4. The molecular weight excluding hydrogens is 215 g/mol. The minimum Gasteiger partial charge on any atom is -0.466 e. The highest BCUT2D eigenvalue weighted by atomic mass is 35.5. The minimum absolute atomic E-state index is 0. The summed E-state index contributed by atoms with van der Waals surface area (Å²) in [7, 11) is 0. The van der Waals surface area contributed by atoms with Gasteiger partial charge in [-0.25, -0.2) is 4.98 Å². The van der Waals surface area contributed by atoms with Gasteiger partial charge in [-0.1, -0.05) is 0 Å². The Labute approximate surface area is 86.5 Å². The van der Waals surface area contributed by atoms with Crippen LogP contribution in [0.25, 0.3) is 0 Å². The van der Waals surface area contributed by atoms with Crippen LogP contribution in [-0.2, 0) is 16.0 Å². The lowest BCUT2D eigenvalue weighted by molar-refractivity contribution is -0.142. The number of nitrogen functional groups attached to an aromatic ring is 1. The lowest BCUT2D eigenvalue weighted by Gasteiger charge is -1.97. The molecule has 0 aliphatic carbocycles. The van der Waals surface area contributed by atoms with Gasteiger partial charge in [0.2, 0.25) is 0 Å². The van der Waals surface area contributed by atoms with E-state index in [9.17, 15) is 4.79 Å². The van der Waals surface area contributed by atoms with E-state index < -0.39 is 0 Å². The molecule has 0 radical (unpaired) electrons. The van der Waals surface area contributed by atoms with Crippen molar-refractivity contribution in [1.82, 2.24) is 4.98 Å². The number of aromatic nitrogens is 1. The summed E-state index contributed by atoms with van der Waals surface area (Å²) in [5.41, 5.74) is 6.06. The zero-order valence-electron chi connectivity index (χ0n) is 7.15. The molecule has 13 heavy (non-hydrogen) atoms. The maximum Gasteiger partial charge on any atom is 0.311 e. The molecule has 0 spiro atoms. The van der Waals surface area contributed by atoms with Crippen LogP contribution in [0.3, 0.4) is 0 Å². The van der Waals surface area contributed by atoms with E-state index in [-0.39, 0.29) is 24.8 Å². The zero-order chi connectivity index (χ0) is 8.97. The van der Waals surface area contributed by atoms with Crippen LogP contribution >= 0.6 is 23.7 Å². The number of hydrogen-bond acceptors (Lipinski definition) is 5. The number of carbonyl (C=O) groups is 1. The monoisotopic (exact) mass is 225 g/mol. The fraction of sp³-hybridized carbons (Fsp3) is 0.429. The topological polar surface area (TPSA) is 65.2 Å². The van der Waals surface area contributed by atoms with Crippen molar-refractivity contribution in [2.75, 3.05) is 12.3 Å². The maximum absolute atomic E-state index is 10.9. The van der Waals surface area contributed by atoms with E-state index in [2.05, 4.69) is 4.98 Å². The Morgan fingerprint density at radius 2 is 2.46 bits per heavy atom. The van der Waals surface area contributed by atoms with Crippen molar-refractivity contribution >= 4 is 34.8 Å². The average Bonchev–Trinajstić information content (AvgIpc) is 2.36. The van der Waals surface area contributed by atoms with Gasteiger partial charge in [0.05, 0.1) is 18.7 Å². The fourth-order valence-corrected chi connectivity index (χ4v) is 1.33. The number of esters is 1. The first-order valence-electron chi connectivity index (χ1n) is 3.58. The number of thiazole rings is 1. The Morgan fingerprint density at radius 1 is 1.77 bits per heavy atom. The van der Waals surface area contributed by atoms with E-state index in [4.69, 9.17) is 10.5 Å². The third-order valence-electron chi connectivity index (χ3n) is 1.20. The van der Waals surface area contributed by atoms with Gasteiger partial charge in [0, 0.05) is 5.38 Å². The van der Waals surface area contributed by atoms with Crippen LogP contribution in [-0.4, -0.2) is 17.6 Å². The molecule has 4 nitrogen and oxygen atoms in total. The second-order valence-electron chi connectivity index (χ2n) is 2.16. The number of anilines is 1. The van der Waals surface area contributed by atoms with Crippen molar-refractivity contribution in [1.29, 1.82) is 0 Å². The van der Waals surface area contributed by atoms with Crippen LogP contribution < -0.4 is 5.73 Å². The largest absolute Gasteiger partial charge is 0.466 e. The average molecular weight is 226 g/mol. The predicted molar refractivity (Wildman–Crippen MR) is 54.1 cm³/mol. The smallest absolute Gasteiger partial charge is 0.311 e. The standard InChI is InChI=1S/C7H10N2O2S.ClH/c1-2-11-6(10)3-5-4-12-7(8)9-5;/h4H,2-3H2,1H3,(H2,8,9);1H/i7+1,8+1,9+1;. The first-order valence-corrected chi connectivity index (χ1v) is 4.46. The molecule has 0 saturated heterocycles. The lowest BCUT2D eigenvalue weighted by Crippen LogP contribution is -2.07. The maximum atomic E-state index is 10.9. The molecule has 0 aromatic carbocycles. The Balaban J connectivity index is 0.00000144. The molecule has 74 valence electrons. The Morgan fingerprint density at radius 3 is 2.92 bits per heavy atom. The highest BCUT2D eigenvalue weighted by molar-refractivity contribution is 7.13. The van der Waals surface area contributed by atoms with Crippen LogP contribution in [0.5, 0.6) is 0 Å². The molecule has 6 heteroatoms. The van der Waals surface area contributed by atoms with Crippen LogP contribution in [0, 0.1) is 0 Å². The normalized spacial score (nSPS) is 9.00. The van der Waals surface area contributed by atoms with Crippen molar-refractivity contribution in [2.45, 2.75) is 13.3 Å². The second kappa shape index (κ2) is 5.77. The summed E-state index contributed by atoms with van der Waals surface area (Å²) in [4.78, 5) is 14.9. The van der Waals surface area contributed by atoms with Crippen molar-refractivity contribution in [3.05, 3.63) is 11.1 Å². The predicted octanol–water partition coefficient (Wildman–Crippen LogP) is 1.25. The van der Waals surface area contributed by atoms with Crippen molar-refractivity contribution in [3.63, 3.8) is 0 Å². The number of hydrogen-bond donors (Lipinski definition) is 1. The van der Waals surface area contributed by atoms with Gasteiger partial charge in [-0.3, -0.25) is 4.79 Å². The van der Waals surface area contributed by atoms with Gasteiger partial charge in [-0.2, -0.15) is 0 Å². The van der Waals surface area contributed by atoms with Gasteiger partial charge in [-0.05, 0) is 6.92 Å². The second-order valence-corrected chi connectivity index (χ2v) is 3.05. The summed E-state index contributed by atoms with van der Waals surface area (Å²) in [5.74, 6) is -0.261. The Kier molecular flexibility index (Phi) is 5.41. The van der Waals surface area contributed by atoms with Gasteiger partial charge in [0.15, 0.2) is 5.13 Å². The summed E-state index contributed by atoms with van der Waals surface area (Å²) in [5, 5.41) is 2.24. The van der Waals surface area contributed by atoms with Gasteiger partial charge >= 0.3 is 5.97 Å². The minimum atomic E-state index is -0.261. The van der Waals surface area contributed by atoms with Gasteiger partial charge in [0.1, 0.15) is 0 Å².